The highest BCUT2D eigenvalue weighted by Gasteiger charge is 2.22. The van der Waals surface area contributed by atoms with Crippen molar-refractivity contribution in [3.63, 3.8) is 0 Å². The highest BCUT2D eigenvalue weighted by molar-refractivity contribution is 5.99. The van der Waals surface area contributed by atoms with Crippen LogP contribution in [0, 0.1) is 0 Å². The number of hydrogen-bond donors (Lipinski definition) is 1. The first-order chi connectivity index (χ1) is 8.63. The van der Waals surface area contributed by atoms with Crippen LogP contribution in [0.3, 0.4) is 0 Å². The lowest BCUT2D eigenvalue weighted by Gasteiger charge is -2.14. The van der Waals surface area contributed by atoms with Gasteiger partial charge in [-0.3, -0.25) is 9.59 Å². The van der Waals surface area contributed by atoms with E-state index in [1.165, 1.54) is 0 Å². The van der Waals surface area contributed by atoms with Gasteiger partial charge >= 0.3 is 0 Å². The van der Waals surface area contributed by atoms with Crippen molar-refractivity contribution in [2.45, 2.75) is 19.8 Å². The molecule has 0 aliphatic carbocycles. The van der Waals surface area contributed by atoms with E-state index in [9.17, 15) is 9.59 Å². The summed E-state index contributed by atoms with van der Waals surface area (Å²) in [7, 11) is 1.83. The number of anilines is 1. The minimum Gasteiger partial charge on any atom is -0.319 e. The normalized spacial score (nSPS) is 13.6. The van der Waals surface area contributed by atoms with E-state index in [1.807, 2.05) is 25.2 Å². The molecule has 1 N–H and O–H groups in total. The summed E-state index contributed by atoms with van der Waals surface area (Å²) >= 11 is 0. The molecule has 0 radical (unpaired) electrons. The fourth-order valence-corrected chi connectivity index (χ4v) is 2.29. The van der Waals surface area contributed by atoms with Crippen LogP contribution in [-0.2, 0) is 11.2 Å². The fourth-order valence-electron chi connectivity index (χ4n) is 2.29. The first kappa shape index (κ1) is 12.8. The molecule has 1 aliphatic rings. The van der Waals surface area contributed by atoms with E-state index < -0.39 is 0 Å². The molecule has 0 aromatic heterocycles. The maximum absolute atomic E-state index is 11.9. The molecule has 4 heteroatoms. The van der Waals surface area contributed by atoms with Crippen molar-refractivity contribution in [3.8, 4) is 0 Å². The average Bonchev–Trinajstić information content (AvgIpc) is 2.78. The van der Waals surface area contributed by atoms with Gasteiger partial charge in [-0.25, -0.2) is 0 Å². The second-order valence-corrected chi connectivity index (χ2v) is 4.54. The van der Waals surface area contributed by atoms with Gasteiger partial charge in [0.2, 0.25) is 5.91 Å². The molecule has 0 bridgehead atoms. The van der Waals surface area contributed by atoms with Gasteiger partial charge in [0.1, 0.15) is 0 Å². The Morgan fingerprint density at radius 1 is 1.39 bits per heavy atom. The smallest absolute Gasteiger partial charge is 0.223 e. The van der Waals surface area contributed by atoms with Crippen LogP contribution < -0.4 is 10.2 Å². The summed E-state index contributed by atoms with van der Waals surface area (Å²) in [5.41, 5.74) is 2.79. The summed E-state index contributed by atoms with van der Waals surface area (Å²) in [6.07, 6.45) is 1.34. The van der Waals surface area contributed by atoms with Crippen molar-refractivity contribution >= 4 is 17.4 Å². The molecule has 1 aromatic carbocycles. The summed E-state index contributed by atoms with van der Waals surface area (Å²) < 4.78 is 0. The van der Waals surface area contributed by atoms with Crippen LogP contribution in [0.4, 0.5) is 5.69 Å². The van der Waals surface area contributed by atoms with Crippen molar-refractivity contribution in [1.82, 2.24) is 5.32 Å². The van der Waals surface area contributed by atoms with Gasteiger partial charge in [-0.1, -0.05) is 0 Å². The monoisotopic (exact) mass is 246 g/mol. The van der Waals surface area contributed by atoms with Gasteiger partial charge in [0, 0.05) is 37.7 Å². The predicted octanol–water partition coefficient (Wildman–Crippen LogP) is 1.39. The zero-order chi connectivity index (χ0) is 13.1. The van der Waals surface area contributed by atoms with Crippen molar-refractivity contribution in [2.75, 3.05) is 25.0 Å². The number of amides is 1. The molecule has 0 saturated carbocycles. The second-order valence-electron chi connectivity index (χ2n) is 4.54. The van der Waals surface area contributed by atoms with Crippen molar-refractivity contribution in [3.05, 3.63) is 29.3 Å². The molecule has 0 saturated heterocycles. The Bertz CT molecular complexity index is 483. The second kappa shape index (κ2) is 5.31. The topological polar surface area (TPSA) is 49.4 Å². The summed E-state index contributed by atoms with van der Waals surface area (Å²) in [5.74, 6) is 0.205. The number of nitrogens with zero attached hydrogens (tertiary/aromatic N) is 1. The molecule has 0 unspecified atom stereocenters. The number of carbonyl (C=O) groups is 2. The van der Waals surface area contributed by atoms with Crippen LogP contribution in [0.25, 0.3) is 0 Å². The molecule has 96 valence electrons. The van der Waals surface area contributed by atoms with Gasteiger partial charge in [0.25, 0.3) is 0 Å². The van der Waals surface area contributed by atoms with Gasteiger partial charge in [-0.15, -0.1) is 0 Å². The third-order valence-electron chi connectivity index (χ3n) is 3.28. The minimum absolute atomic E-state index is 0.0583. The summed E-state index contributed by atoms with van der Waals surface area (Å²) in [6, 6.07) is 5.63. The Balaban J connectivity index is 2.19. The van der Waals surface area contributed by atoms with Gasteiger partial charge in [0.05, 0.1) is 0 Å². The van der Waals surface area contributed by atoms with Crippen LogP contribution in [-0.4, -0.2) is 31.8 Å². The molecule has 18 heavy (non-hydrogen) atoms. The van der Waals surface area contributed by atoms with Crippen LogP contribution in [0.15, 0.2) is 18.2 Å². The number of ketones is 1. The molecule has 0 spiro atoms. The fraction of sp³-hybridized carbons (Fsp3) is 0.429. The molecule has 1 amide bonds. The lowest BCUT2D eigenvalue weighted by molar-refractivity contribution is -0.116. The Labute approximate surface area is 107 Å². The maximum atomic E-state index is 11.9. The van der Waals surface area contributed by atoms with Gasteiger partial charge in [-0.05, 0) is 37.2 Å². The van der Waals surface area contributed by atoms with Crippen LogP contribution in [0.5, 0.6) is 0 Å². The van der Waals surface area contributed by atoms with E-state index in [4.69, 9.17) is 0 Å². The quantitative estimate of drug-likeness (QED) is 0.817. The zero-order valence-corrected chi connectivity index (χ0v) is 10.8. The highest BCUT2D eigenvalue weighted by Crippen LogP contribution is 2.29. The van der Waals surface area contributed by atoms with E-state index in [0.29, 0.717) is 13.0 Å². The summed E-state index contributed by atoms with van der Waals surface area (Å²) in [4.78, 5) is 25.1. The third-order valence-corrected chi connectivity index (χ3v) is 3.28. The number of carbonyl (C=O) groups excluding carboxylic acids is 2. The molecular weight excluding hydrogens is 228 g/mol. The lowest BCUT2D eigenvalue weighted by atomic mass is 10.0. The molecule has 1 aromatic rings. The highest BCUT2D eigenvalue weighted by atomic mass is 16.2. The molecule has 4 nitrogen and oxygen atoms in total. The molecule has 0 atom stereocenters. The summed E-state index contributed by atoms with van der Waals surface area (Å²) in [6.45, 7) is 2.98. The van der Waals surface area contributed by atoms with Gasteiger partial charge < -0.3 is 10.2 Å². The molecule has 1 aliphatic heterocycles. The Morgan fingerprint density at radius 2 is 2.17 bits per heavy atom. The van der Waals surface area contributed by atoms with Crippen LogP contribution >= 0.6 is 0 Å². The first-order valence-corrected chi connectivity index (χ1v) is 6.22. The third kappa shape index (κ3) is 2.43. The van der Waals surface area contributed by atoms with E-state index >= 15 is 0 Å². The minimum atomic E-state index is 0.0583. The Kier molecular flexibility index (Phi) is 3.77. The Hall–Kier alpha value is -1.68. The number of fused-ring (bicyclic) bond motifs is 1. The number of Topliss-reactive ketones (excluding diaryl/α,β-unsaturated/α-hetero) is 1. The SMILES string of the molecule is CNCCC(=O)c1ccc2c(c1)CCN2C(C)=O. The maximum Gasteiger partial charge on any atom is 0.223 e. The van der Waals surface area contributed by atoms with Crippen molar-refractivity contribution in [2.24, 2.45) is 0 Å². The number of hydrogen-bond acceptors (Lipinski definition) is 3. The van der Waals surface area contributed by atoms with Gasteiger partial charge in [-0.2, -0.15) is 0 Å². The molecular formula is C14H18N2O2. The van der Waals surface area contributed by atoms with E-state index in [1.54, 1.807) is 11.8 Å². The molecule has 1 heterocycles. The van der Waals surface area contributed by atoms with E-state index in [-0.39, 0.29) is 11.7 Å². The van der Waals surface area contributed by atoms with E-state index in [0.717, 1.165) is 29.8 Å². The number of nitrogens with one attached hydrogen (secondary N) is 1. The lowest BCUT2D eigenvalue weighted by Crippen LogP contribution is -2.25. The zero-order valence-electron chi connectivity index (χ0n) is 10.8. The largest absolute Gasteiger partial charge is 0.319 e. The molecule has 0 fully saturated rings. The van der Waals surface area contributed by atoms with Gasteiger partial charge in [0.15, 0.2) is 5.78 Å². The van der Waals surface area contributed by atoms with Crippen LogP contribution in [0.2, 0.25) is 0 Å². The van der Waals surface area contributed by atoms with Crippen LogP contribution in [0.1, 0.15) is 29.3 Å². The predicted molar refractivity (Wildman–Crippen MR) is 71.0 cm³/mol. The molecule has 2 rings (SSSR count). The average molecular weight is 246 g/mol. The van der Waals surface area contributed by atoms with Crippen molar-refractivity contribution < 1.29 is 9.59 Å². The van der Waals surface area contributed by atoms with E-state index in [2.05, 4.69) is 5.32 Å². The first-order valence-electron chi connectivity index (χ1n) is 6.22. The number of benzene rings is 1. The van der Waals surface area contributed by atoms with Crippen molar-refractivity contribution in [1.29, 1.82) is 0 Å². The standard InChI is InChI=1S/C14H18N2O2/c1-10(17)16-8-6-11-9-12(3-4-13(11)16)14(18)5-7-15-2/h3-4,9,15H,5-8H2,1-2H3. The summed E-state index contributed by atoms with van der Waals surface area (Å²) in [5, 5.41) is 2.97. The Morgan fingerprint density at radius 3 is 2.83 bits per heavy atom. The number of rotatable bonds is 4.